The number of aryl methyl sites for hydroxylation is 2. The number of piperazine rings is 1. The molecule has 1 aliphatic heterocycles. The van der Waals surface area contributed by atoms with Crippen LogP contribution in [0.25, 0.3) is 11.1 Å². The van der Waals surface area contributed by atoms with Crippen LogP contribution in [-0.2, 0) is 11.2 Å². The fraction of sp³-hybridized carbons (Fsp3) is 0.381. The molecule has 2 aromatic heterocycles. The fourth-order valence-corrected chi connectivity index (χ4v) is 3.82. The van der Waals surface area contributed by atoms with Crippen LogP contribution in [0.15, 0.2) is 47.1 Å². The molecule has 0 saturated carbocycles. The predicted molar refractivity (Wildman–Crippen MR) is 105 cm³/mol. The number of carbonyl (C=O) groups is 1. The maximum Gasteiger partial charge on any atom is 0.223 e. The van der Waals surface area contributed by atoms with Crippen molar-refractivity contribution in [1.29, 1.82) is 0 Å². The zero-order valence-electron chi connectivity index (χ0n) is 15.8. The molecule has 0 radical (unpaired) electrons. The number of anilines is 1. The number of fused-ring (bicyclic) bond motifs is 1. The summed E-state index contributed by atoms with van der Waals surface area (Å²) >= 11 is 0. The number of carbonyl (C=O) groups excluding carboxylic acids is 1. The molecule has 3 aromatic rings. The molecule has 1 atom stereocenters. The summed E-state index contributed by atoms with van der Waals surface area (Å²) in [5.74, 6) is 0.860. The Bertz CT molecular complexity index is 938. The summed E-state index contributed by atoms with van der Waals surface area (Å²) in [5.41, 5.74) is 3.90. The van der Waals surface area contributed by atoms with E-state index < -0.39 is 0 Å². The molecule has 27 heavy (non-hydrogen) atoms. The highest BCUT2D eigenvalue weighted by Gasteiger charge is 2.27. The second-order valence-corrected chi connectivity index (χ2v) is 7.08. The molecule has 1 amide bonds. The lowest BCUT2D eigenvalue weighted by Crippen LogP contribution is -2.54. The average molecular weight is 364 g/mol. The second kappa shape index (κ2) is 7.39. The fourth-order valence-electron chi connectivity index (χ4n) is 3.82. The van der Waals surface area contributed by atoms with Crippen molar-refractivity contribution in [2.75, 3.05) is 24.5 Å². The van der Waals surface area contributed by atoms with E-state index in [0.29, 0.717) is 18.7 Å². The van der Waals surface area contributed by atoms with Crippen molar-refractivity contribution in [3.63, 3.8) is 0 Å². The van der Waals surface area contributed by atoms with Gasteiger partial charge >= 0.3 is 0 Å². The van der Waals surface area contributed by atoms with Crippen LogP contribution in [-0.4, -0.2) is 46.5 Å². The highest BCUT2D eigenvalue weighted by atomic mass is 16.3. The maximum absolute atomic E-state index is 12.8. The highest BCUT2D eigenvalue weighted by Crippen LogP contribution is 2.22. The maximum atomic E-state index is 12.8. The van der Waals surface area contributed by atoms with Crippen LogP contribution >= 0.6 is 0 Å². The zero-order chi connectivity index (χ0) is 18.8. The predicted octanol–water partition coefficient (Wildman–Crippen LogP) is 3.20. The van der Waals surface area contributed by atoms with E-state index in [0.717, 1.165) is 42.0 Å². The molecule has 140 valence electrons. The summed E-state index contributed by atoms with van der Waals surface area (Å²) in [6.07, 6.45) is 4.79. The highest BCUT2D eigenvalue weighted by molar-refractivity contribution is 5.80. The molecule has 3 heterocycles. The van der Waals surface area contributed by atoms with Crippen LogP contribution in [0.1, 0.15) is 24.8 Å². The molecule has 0 bridgehead atoms. The lowest BCUT2D eigenvalue weighted by atomic mass is 10.1. The Kier molecular flexibility index (Phi) is 4.79. The number of oxazole rings is 1. The van der Waals surface area contributed by atoms with Crippen LogP contribution in [0, 0.1) is 6.92 Å². The van der Waals surface area contributed by atoms with Gasteiger partial charge in [-0.1, -0.05) is 12.1 Å². The lowest BCUT2D eigenvalue weighted by molar-refractivity contribution is -0.133. The molecule has 1 aromatic carbocycles. The van der Waals surface area contributed by atoms with Gasteiger partial charge < -0.3 is 14.2 Å². The first-order valence-corrected chi connectivity index (χ1v) is 9.41. The first-order chi connectivity index (χ1) is 13.1. The zero-order valence-corrected chi connectivity index (χ0v) is 15.8. The van der Waals surface area contributed by atoms with Gasteiger partial charge in [0.25, 0.3) is 0 Å². The molecule has 1 aliphatic rings. The Balaban J connectivity index is 1.39. The van der Waals surface area contributed by atoms with Crippen LogP contribution in [0.5, 0.6) is 0 Å². The van der Waals surface area contributed by atoms with Gasteiger partial charge in [0, 0.05) is 57.1 Å². The van der Waals surface area contributed by atoms with E-state index in [1.165, 1.54) is 0 Å². The normalized spacial score (nSPS) is 17.5. The third kappa shape index (κ3) is 3.65. The van der Waals surface area contributed by atoms with Gasteiger partial charge in [0.1, 0.15) is 5.52 Å². The summed E-state index contributed by atoms with van der Waals surface area (Å²) in [5, 5.41) is 0. The monoisotopic (exact) mass is 364 g/mol. The van der Waals surface area contributed by atoms with Gasteiger partial charge in [-0.3, -0.25) is 9.78 Å². The molecular formula is C21H24N4O2. The number of pyridine rings is 1. The number of hydrogen-bond acceptors (Lipinski definition) is 5. The van der Waals surface area contributed by atoms with E-state index >= 15 is 0 Å². The van der Waals surface area contributed by atoms with Crippen molar-refractivity contribution in [3.8, 4) is 0 Å². The van der Waals surface area contributed by atoms with Crippen LogP contribution in [0.3, 0.4) is 0 Å². The molecule has 6 heteroatoms. The second-order valence-electron chi connectivity index (χ2n) is 7.08. The molecular weight excluding hydrogens is 340 g/mol. The average Bonchev–Trinajstić information content (AvgIpc) is 3.07. The van der Waals surface area contributed by atoms with Gasteiger partial charge in [-0.25, -0.2) is 4.98 Å². The number of aromatic nitrogens is 2. The third-order valence-corrected chi connectivity index (χ3v) is 5.19. The van der Waals surface area contributed by atoms with Gasteiger partial charge in [0.15, 0.2) is 11.5 Å². The Hall–Kier alpha value is -2.89. The number of benzene rings is 1. The van der Waals surface area contributed by atoms with E-state index in [4.69, 9.17) is 4.42 Å². The summed E-state index contributed by atoms with van der Waals surface area (Å²) < 4.78 is 5.59. The molecule has 1 fully saturated rings. The van der Waals surface area contributed by atoms with E-state index in [1.807, 2.05) is 54.5 Å². The van der Waals surface area contributed by atoms with Gasteiger partial charge in [-0.2, -0.15) is 0 Å². The number of para-hydroxylation sites is 1. The van der Waals surface area contributed by atoms with Crippen molar-refractivity contribution < 1.29 is 9.21 Å². The molecule has 1 saturated heterocycles. The Labute approximate surface area is 158 Å². The number of nitrogens with zero attached hydrogens (tertiary/aromatic N) is 4. The molecule has 4 rings (SSSR count). The quantitative estimate of drug-likeness (QED) is 0.711. The van der Waals surface area contributed by atoms with Crippen LogP contribution in [0.4, 0.5) is 5.69 Å². The largest absolute Gasteiger partial charge is 0.441 e. The minimum atomic E-state index is 0.185. The Morgan fingerprint density at radius 3 is 2.81 bits per heavy atom. The smallest absolute Gasteiger partial charge is 0.223 e. The summed E-state index contributed by atoms with van der Waals surface area (Å²) in [7, 11) is 0. The van der Waals surface area contributed by atoms with Crippen molar-refractivity contribution >= 4 is 22.7 Å². The van der Waals surface area contributed by atoms with Gasteiger partial charge in [0.05, 0.1) is 0 Å². The van der Waals surface area contributed by atoms with E-state index in [2.05, 4.69) is 21.8 Å². The first-order valence-electron chi connectivity index (χ1n) is 9.41. The minimum absolute atomic E-state index is 0.185. The molecule has 0 N–H and O–H groups in total. The van der Waals surface area contributed by atoms with Crippen molar-refractivity contribution in [3.05, 3.63) is 54.2 Å². The summed E-state index contributed by atoms with van der Waals surface area (Å²) in [4.78, 5) is 25.7. The van der Waals surface area contributed by atoms with Crippen molar-refractivity contribution in [1.82, 2.24) is 14.9 Å². The standard InChI is InChI=1S/C21H24N4O2/c1-15-14-24(18-8-10-22-11-9-18)12-13-25(15)20(26)7-6-17-4-3-5-19-21(17)23-16(2)27-19/h3-5,8-11,15H,6-7,12-14H2,1-2H3. The van der Waals surface area contributed by atoms with Crippen molar-refractivity contribution in [2.45, 2.75) is 32.7 Å². The van der Waals surface area contributed by atoms with E-state index in [-0.39, 0.29) is 11.9 Å². The van der Waals surface area contributed by atoms with Gasteiger partial charge in [0.2, 0.25) is 5.91 Å². The van der Waals surface area contributed by atoms with E-state index in [1.54, 1.807) is 0 Å². The number of rotatable bonds is 4. The molecule has 0 aliphatic carbocycles. The van der Waals surface area contributed by atoms with E-state index in [9.17, 15) is 4.79 Å². The first kappa shape index (κ1) is 17.5. The molecule has 1 unspecified atom stereocenters. The Morgan fingerprint density at radius 1 is 1.22 bits per heavy atom. The minimum Gasteiger partial charge on any atom is -0.441 e. The Morgan fingerprint density at radius 2 is 2.04 bits per heavy atom. The number of amides is 1. The summed E-state index contributed by atoms with van der Waals surface area (Å²) in [6, 6.07) is 10.1. The van der Waals surface area contributed by atoms with Gasteiger partial charge in [-0.15, -0.1) is 0 Å². The summed E-state index contributed by atoms with van der Waals surface area (Å²) in [6.45, 7) is 6.40. The molecule has 0 spiro atoms. The lowest BCUT2D eigenvalue weighted by Gasteiger charge is -2.41. The van der Waals surface area contributed by atoms with Gasteiger partial charge in [-0.05, 0) is 37.1 Å². The third-order valence-electron chi connectivity index (χ3n) is 5.19. The molecule has 6 nitrogen and oxygen atoms in total. The van der Waals surface area contributed by atoms with Crippen molar-refractivity contribution in [2.24, 2.45) is 0 Å². The van der Waals surface area contributed by atoms with Crippen LogP contribution < -0.4 is 4.90 Å². The number of hydrogen-bond donors (Lipinski definition) is 0. The SMILES string of the molecule is Cc1nc2c(CCC(=O)N3CCN(c4ccncc4)CC3C)cccc2o1. The topological polar surface area (TPSA) is 62.5 Å². The van der Waals surface area contributed by atoms with Crippen LogP contribution in [0.2, 0.25) is 0 Å².